The maximum Gasteiger partial charge on any atom is 0.242 e. The Kier molecular flexibility index (Phi) is 5.93. The fraction of sp³-hybridized carbons (Fsp3) is 0.421. The Morgan fingerprint density at radius 1 is 1.38 bits per heavy atom. The molecule has 0 aliphatic carbocycles. The molecule has 1 fully saturated rings. The van der Waals surface area contributed by atoms with E-state index in [1.54, 1.807) is 11.1 Å². The molecule has 0 saturated carbocycles. The van der Waals surface area contributed by atoms with E-state index in [1.165, 1.54) is 6.92 Å². The Labute approximate surface area is 157 Å². The average Bonchev–Trinajstić information content (AvgIpc) is 3.08. The molecule has 26 heavy (non-hydrogen) atoms. The second-order valence-electron chi connectivity index (χ2n) is 6.48. The summed E-state index contributed by atoms with van der Waals surface area (Å²) in [5.74, 6) is 0.964. The van der Waals surface area contributed by atoms with Crippen LogP contribution in [0.2, 0.25) is 5.02 Å². The summed E-state index contributed by atoms with van der Waals surface area (Å²) in [6, 6.07) is 7.43. The van der Waals surface area contributed by atoms with Gasteiger partial charge in [0.25, 0.3) is 0 Å². The van der Waals surface area contributed by atoms with Gasteiger partial charge in [0, 0.05) is 24.9 Å². The molecule has 0 bridgehead atoms. The number of nitrogens with zero attached hydrogens (tertiary/aromatic N) is 2. The average molecular weight is 376 g/mol. The summed E-state index contributed by atoms with van der Waals surface area (Å²) >= 11 is 6.02. The summed E-state index contributed by atoms with van der Waals surface area (Å²) in [5.41, 5.74) is 1.04. The van der Waals surface area contributed by atoms with Crippen molar-refractivity contribution in [3.63, 3.8) is 0 Å². The van der Waals surface area contributed by atoms with E-state index in [9.17, 15) is 9.59 Å². The number of carbonyl (C=O) groups excluding carboxylic acids is 2. The number of piperidine rings is 1. The van der Waals surface area contributed by atoms with Crippen LogP contribution in [0.4, 0.5) is 0 Å². The second kappa shape index (κ2) is 8.36. The monoisotopic (exact) mass is 375 g/mol. The minimum Gasteiger partial charge on any atom is -0.443 e. The molecule has 1 atom stereocenters. The smallest absolute Gasteiger partial charge is 0.242 e. The molecule has 3 rings (SSSR count). The molecule has 2 aromatic rings. The normalized spacial score (nSPS) is 17.2. The molecule has 0 spiro atoms. The number of hydrogen-bond donors (Lipinski definition) is 1. The molecule has 0 radical (unpaired) electrons. The third kappa shape index (κ3) is 4.64. The number of nitrogens with one attached hydrogen (secondary N) is 1. The number of oxazole rings is 1. The Bertz CT molecular complexity index is 790. The molecule has 1 aliphatic rings. The molecule has 1 aromatic carbocycles. The van der Waals surface area contributed by atoms with Crippen LogP contribution in [0, 0.1) is 0 Å². The summed E-state index contributed by atoms with van der Waals surface area (Å²) in [6.45, 7) is 2.05. The highest BCUT2D eigenvalue weighted by atomic mass is 35.5. The molecule has 1 saturated heterocycles. The zero-order valence-electron chi connectivity index (χ0n) is 14.7. The summed E-state index contributed by atoms with van der Waals surface area (Å²) < 4.78 is 5.94. The Balaban J connectivity index is 1.71. The van der Waals surface area contributed by atoms with E-state index in [0.717, 1.165) is 30.6 Å². The Morgan fingerprint density at radius 2 is 2.23 bits per heavy atom. The molecular formula is C19H22ClN3O3. The SMILES string of the molecule is CC(=O)NCC(=O)N1CCCCC1c1ncc(Cc2cccc(Cl)c2)o1. The zero-order valence-corrected chi connectivity index (χ0v) is 15.5. The van der Waals surface area contributed by atoms with Crippen molar-refractivity contribution in [2.24, 2.45) is 0 Å². The van der Waals surface area contributed by atoms with E-state index in [2.05, 4.69) is 10.3 Å². The van der Waals surface area contributed by atoms with Crippen LogP contribution < -0.4 is 5.32 Å². The number of rotatable bonds is 5. The number of halogens is 1. The van der Waals surface area contributed by atoms with Crippen LogP contribution in [0.25, 0.3) is 0 Å². The Morgan fingerprint density at radius 3 is 3.00 bits per heavy atom. The topological polar surface area (TPSA) is 75.4 Å². The van der Waals surface area contributed by atoms with Gasteiger partial charge in [-0.25, -0.2) is 4.98 Å². The number of likely N-dealkylation sites (tertiary alicyclic amines) is 1. The Hall–Kier alpha value is -2.34. The lowest BCUT2D eigenvalue weighted by Crippen LogP contribution is -2.44. The summed E-state index contributed by atoms with van der Waals surface area (Å²) in [7, 11) is 0. The van der Waals surface area contributed by atoms with E-state index < -0.39 is 0 Å². The minimum absolute atomic E-state index is 0.00190. The van der Waals surface area contributed by atoms with Crippen molar-refractivity contribution >= 4 is 23.4 Å². The maximum absolute atomic E-state index is 12.4. The van der Waals surface area contributed by atoms with Gasteiger partial charge >= 0.3 is 0 Å². The van der Waals surface area contributed by atoms with Gasteiger partial charge in [-0.05, 0) is 37.0 Å². The predicted octanol–water partition coefficient (Wildman–Crippen LogP) is 3.11. The van der Waals surface area contributed by atoms with Crippen LogP contribution in [-0.4, -0.2) is 34.8 Å². The number of amides is 2. The molecule has 1 unspecified atom stereocenters. The quantitative estimate of drug-likeness (QED) is 0.871. The number of aromatic nitrogens is 1. The van der Waals surface area contributed by atoms with Crippen molar-refractivity contribution in [1.82, 2.24) is 15.2 Å². The lowest BCUT2D eigenvalue weighted by Gasteiger charge is -2.33. The first kappa shape index (κ1) is 18.5. The van der Waals surface area contributed by atoms with E-state index in [0.29, 0.717) is 23.9 Å². The maximum atomic E-state index is 12.4. The highest BCUT2D eigenvalue weighted by Gasteiger charge is 2.31. The van der Waals surface area contributed by atoms with Gasteiger partial charge in [-0.1, -0.05) is 23.7 Å². The fourth-order valence-corrected chi connectivity index (χ4v) is 3.41. The van der Waals surface area contributed by atoms with Gasteiger partial charge in [-0.15, -0.1) is 0 Å². The van der Waals surface area contributed by atoms with E-state index in [4.69, 9.17) is 16.0 Å². The van der Waals surface area contributed by atoms with Gasteiger partial charge < -0.3 is 14.6 Å². The number of hydrogen-bond acceptors (Lipinski definition) is 4. The second-order valence-corrected chi connectivity index (χ2v) is 6.92. The molecule has 1 aliphatic heterocycles. The fourth-order valence-electron chi connectivity index (χ4n) is 3.19. The zero-order chi connectivity index (χ0) is 18.5. The summed E-state index contributed by atoms with van der Waals surface area (Å²) in [4.78, 5) is 29.7. The first-order valence-electron chi connectivity index (χ1n) is 8.76. The molecular weight excluding hydrogens is 354 g/mol. The first-order valence-corrected chi connectivity index (χ1v) is 9.13. The predicted molar refractivity (Wildman–Crippen MR) is 97.7 cm³/mol. The molecule has 6 nitrogen and oxygen atoms in total. The number of benzene rings is 1. The van der Waals surface area contributed by atoms with E-state index in [1.807, 2.05) is 24.3 Å². The van der Waals surface area contributed by atoms with Gasteiger partial charge in [0.2, 0.25) is 17.7 Å². The van der Waals surface area contributed by atoms with Crippen molar-refractivity contribution in [2.75, 3.05) is 13.1 Å². The van der Waals surface area contributed by atoms with Gasteiger partial charge in [0.05, 0.1) is 12.7 Å². The molecule has 7 heteroatoms. The van der Waals surface area contributed by atoms with E-state index in [-0.39, 0.29) is 24.4 Å². The van der Waals surface area contributed by atoms with E-state index >= 15 is 0 Å². The molecule has 2 amide bonds. The van der Waals surface area contributed by atoms with Crippen LogP contribution in [0.15, 0.2) is 34.9 Å². The van der Waals surface area contributed by atoms with Crippen LogP contribution >= 0.6 is 11.6 Å². The molecule has 1 N–H and O–H groups in total. The van der Waals surface area contributed by atoms with Gasteiger partial charge in [0.1, 0.15) is 11.8 Å². The van der Waals surface area contributed by atoms with Crippen LogP contribution in [0.5, 0.6) is 0 Å². The standard InChI is InChI=1S/C19H22ClN3O3/c1-13(24)21-12-18(25)23-8-3-2-7-17(23)19-22-11-16(26-19)10-14-5-4-6-15(20)9-14/h4-6,9,11,17H,2-3,7-8,10,12H2,1H3,(H,21,24). The largest absolute Gasteiger partial charge is 0.443 e. The molecule has 1 aromatic heterocycles. The van der Waals surface area contributed by atoms with Crippen LogP contribution in [-0.2, 0) is 16.0 Å². The van der Waals surface area contributed by atoms with Crippen LogP contribution in [0.1, 0.15) is 49.4 Å². The highest BCUT2D eigenvalue weighted by molar-refractivity contribution is 6.30. The van der Waals surface area contributed by atoms with Crippen molar-refractivity contribution in [3.05, 3.63) is 52.7 Å². The first-order chi connectivity index (χ1) is 12.5. The molecule has 2 heterocycles. The molecule has 138 valence electrons. The third-order valence-corrected chi connectivity index (χ3v) is 4.67. The van der Waals surface area contributed by atoms with Crippen molar-refractivity contribution in [2.45, 2.75) is 38.6 Å². The van der Waals surface area contributed by atoms with Crippen molar-refractivity contribution in [1.29, 1.82) is 0 Å². The van der Waals surface area contributed by atoms with Gasteiger partial charge in [-0.3, -0.25) is 9.59 Å². The van der Waals surface area contributed by atoms with Crippen LogP contribution in [0.3, 0.4) is 0 Å². The summed E-state index contributed by atoms with van der Waals surface area (Å²) in [5, 5.41) is 3.25. The third-order valence-electron chi connectivity index (χ3n) is 4.44. The highest BCUT2D eigenvalue weighted by Crippen LogP contribution is 2.31. The lowest BCUT2D eigenvalue weighted by molar-refractivity contribution is -0.136. The van der Waals surface area contributed by atoms with Crippen molar-refractivity contribution in [3.8, 4) is 0 Å². The summed E-state index contributed by atoms with van der Waals surface area (Å²) in [6.07, 6.45) is 5.07. The van der Waals surface area contributed by atoms with Crippen molar-refractivity contribution < 1.29 is 14.0 Å². The van der Waals surface area contributed by atoms with Gasteiger partial charge in [-0.2, -0.15) is 0 Å². The lowest BCUT2D eigenvalue weighted by atomic mass is 10.0. The number of carbonyl (C=O) groups is 2. The van der Waals surface area contributed by atoms with Gasteiger partial charge in [0.15, 0.2) is 0 Å². The minimum atomic E-state index is -0.216.